The molecule has 60 heavy (non-hydrogen) atoms. The smallest absolute Gasteiger partial charge is 0.165 e. The molecule has 0 aliphatic heterocycles. The number of carbonyl (C=O) groups is 4. The van der Waals surface area contributed by atoms with E-state index in [0.29, 0.717) is 44.2 Å². The van der Waals surface area contributed by atoms with Gasteiger partial charge in [0.1, 0.15) is 23.1 Å². The van der Waals surface area contributed by atoms with E-state index in [9.17, 15) is 29.4 Å². The van der Waals surface area contributed by atoms with Crippen LogP contribution in [0.15, 0.2) is 70.6 Å². The fraction of sp³-hybridized carbons (Fsp3) is 0.462. The number of phenols is 2. The van der Waals surface area contributed by atoms with Crippen molar-refractivity contribution in [3.8, 4) is 11.5 Å². The summed E-state index contributed by atoms with van der Waals surface area (Å²) < 4.78 is 0. The SMILES string of the molecule is CCCCCCC(C=Nc1ccc(CC(=O)CC)c(CC(=O)CC)c1)=Nc1ccc(CC(=O)CC)c(CC(=O)CC)c1.CCCCc1ccc2c(O)c(O)ccc2c1CC. The van der Waals surface area contributed by atoms with Crippen molar-refractivity contribution in [2.24, 2.45) is 9.98 Å². The average molecular weight is 817 g/mol. The molecule has 0 bridgehead atoms. The first-order chi connectivity index (χ1) is 28.9. The van der Waals surface area contributed by atoms with Gasteiger partial charge in [-0.25, -0.2) is 0 Å². The third-order valence-electron chi connectivity index (χ3n) is 10.9. The fourth-order valence-corrected chi connectivity index (χ4v) is 7.10. The molecule has 0 saturated heterocycles. The van der Waals surface area contributed by atoms with Crippen LogP contribution in [-0.2, 0) is 57.7 Å². The summed E-state index contributed by atoms with van der Waals surface area (Å²) in [6.45, 7) is 13.9. The fourth-order valence-electron chi connectivity index (χ4n) is 7.10. The van der Waals surface area contributed by atoms with E-state index < -0.39 is 0 Å². The monoisotopic (exact) mass is 817 g/mol. The van der Waals surface area contributed by atoms with Gasteiger partial charge in [0.2, 0.25) is 0 Å². The van der Waals surface area contributed by atoms with Crippen LogP contribution < -0.4 is 0 Å². The standard InChI is InChI=1S/C36H48N2O4.C16H20O2/c1-6-11-12-13-14-32(38-31-18-16-27(22-34(40)8-3)29(20-31)24-36(42)10-5)25-37-30-17-15-26(21-33(39)7-2)28(19-30)23-35(41)9-4;1-3-5-6-11-7-8-14-13(12(11)4-2)9-10-15(17)16(14)18/h15-20,25H,6-14,21-24H2,1-5H3;7-10,17-18H,3-6H2,1-2H3. The number of unbranched alkanes of at least 4 members (excludes halogenated alkanes) is 4. The minimum atomic E-state index is -0.0501. The molecule has 0 aliphatic rings. The van der Waals surface area contributed by atoms with Gasteiger partial charge in [-0.05, 0) is 101 Å². The van der Waals surface area contributed by atoms with Crippen LogP contribution in [0, 0.1) is 0 Å². The molecule has 8 nitrogen and oxygen atoms in total. The summed E-state index contributed by atoms with van der Waals surface area (Å²) >= 11 is 0. The molecule has 4 rings (SSSR count). The zero-order chi connectivity index (χ0) is 44.0. The maximum atomic E-state index is 12.3. The lowest BCUT2D eigenvalue weighted by Crippen LogP contribution is -2.08. The molecule has 0 amide bonds. The number of ketones is 4. The van der Waals surface area contributed by atoms with E-state index in [0.717, 1.165) is 89.4 Å². The number of fused-ring (bicyclic) bond motifs is 1. The highest BCUT2D eigenvalue weighted by molar-refractivity contribution is 6.31. The second-order valence-electron chi connectivity index (χ2n) is 15.5. The molecule has 0 saturated carbocycles. The van der Waals surface area contributed by atoms with Gasteiger partial charge in [-0.3, -0.25) is 29.2 Å². The number of hydrogen-bond acceptors (Lipinski definition) is 8. The van der Waals surface area contributed by atoms with Gasteiger partial charge in [-0.15, -0.1) is 0 Å². The third kappa shape index (κ3) is 15.4. The molecule has 4 aromatic rings. The lowest BCUT2D eigenvalue weighted by molar-refractivity contribution is -0.119. The van der Waals surface area contributed by atoms with Crippen LogP contribution in [0.2, 0.25) is 0 Å². The number of nitrogens with zero attached hydrogens (tertiary/aromatic N) is 2. The quantitative estimate of drug-likeness (QED) is 0.0411. The molecule has 0 radical (unpaired) electrons. The predicted molar refractivity (Wildman–Crippen MR) is 248 cm³/mol. The lowest BCUT2D eigenvalue weighted by atomic mass is 9.93. The molecule has 0 atom stereocenters. The number of benzene rings is 4. The molecular formula is C52H68N2O6. The summed E-state index contributed by atoms with van der Waals surface area (Å²) in [6, 6.07) is 18.9. The Bertz CT molecular complexity index is 2130. The maximum Gasteiger partial charge on any atom is 0.165 e. The zero-order valence-electron chi connectivity index (χ0n) is 37.3. The van der Waals surface area contributed by atoms with Gasteiger partial charge in [0, 0.05) is 63.0 Å². The van der Waals surface area contributed by atoms with Crippen molar-refractivity contribution in [2.45, 2.75) is 158 Å². The van der Waals surface area contributed by atoms with E-state index >= 15 is 0 Å². The maximum absolute atomic E-state index is 12.3. The molecule has 2 N–H and O–H groups in total. The number of carbonyl (C=O) groups excluding carboxylic acids is 4. The number of rotatable bonds is 24. The Morgan fingerprint density at radius 2 is 1.03 bits per heavy atom. The molecule has 322 valence electrons. The second kappa shape index (κ2) is 26.1. The van der Waals surface area contributed by atoms with Crippen molar-refractivity contribution >= 4 is 57.2 Å². The summed E-state index contributed by atoms with van der Waals surface area (Å²) in [5.41, 5.74) is 8.40. The van der Waals surface area contributed by atoms with Crippen molar-refractivity contribution in [3.05, 3.63) is 94.0 Å². The Kier molecular flexibility index (Phi) is 21.3. The first-order valence-electron chi connectivity index (χ1n) is 22.3. The third-order valence-corrected chi connectivity index (χ3v) is 10.9. The van der Waals surface area contributed by atoms with Crippen molar-refractivity contribution in [2.75, 3.05) is 0 Å². The highest BCUT2D eigenvalue weighted by Crippen LogP contribution is 2.36. The van der Waals surface area contributed by atoms with Crippen LogP contribution in [-0.4, -0.2) is 45.3 Å². The first kappa shape index (κ1) is 49.1. The van der Waals surface area contributed by atoms with Crippen LogP contribution in [0.4, 0.5) is 11.4 Å². The Hall–Kier alpha value is -5.24. The number of phenolic OH excluding ortho intramolecular Hbond substituents is 2. The lowest BCUT2D eigenvalue weighted by Gasteiger charge is -2.13. The Balaban J connectivity index is 0.000000440. The first-order valence-corrected chi connectivity index (χ1v) is 22.3. The molecule has 0 spiro atoms. The highest BCUT2D eigenvalue weighted by Gasteiger charge is 2.14. The van der Waals surface area contributed by atoms with E-state index in [1.165, 1.54) is 24.0 Å². The molecule has 0 fully saturated rings. The molecule has 0 unspecified atom stereocenters. The minimum Gasteiger partial charge on any atom is -0.504 e. The Labute approximate surface area is 358 Å². The largest absolute Gasteiger partial charge is 0.504 e. The number of hydrogen-bond donors (Lipinski definition) is 2. The van der Waals surface area contributed by atoms with Crippen LogP contribution >= 0.6 is 0 Å². The minimum absolute atomic E-state index is 0.00996. The number of aryl methyl sites for hydroxylation is 2. The van der Waals surface area contributed by atoms with Gasteiger partial charge < -0.3 is 10.2 Å². The van der Waals surface area contributed by atoms with Crippen molar-refractivity contribution in [1.82, 2.24) is 0 Å². The van der Waals surface area contributed by atoms with Crippen molar-refractivity contribution < 1.29 is 29.4 Å². The second-order valence-corrected chi connectivity index (χ2v) is 15.5. The van der Waals surface area contributed by atoms with E-state index in [4.69, 9.17) is 9.98 Å². The molecule has 4 aromatic carbocycles. The zero-order valence-corrected chi connectivity index (χ0v) is 37.3. The summed E-state index contributed by atoms with van der Waals surface area (Å²) in [7, 11) is 0. The summed E-state index contributed by atoms with van der Waals surface area (Å²) in [6.07, 6.45) is 14.3. The van der Waals surface area contributed by atoms with Crippen molar-refractivity contribution in [3.63, 3.8) is 0 Å². The van der Waals surface area contributed by atoms with E-state index in [1.54, 1.807) is 12.3 Å². The van der Waals surface area contributed by atoms with Gasteiger partial charge >= 0.3 is 0 Å². The van der Waals surface area contributed by atoms with Crippen LogP contribution in [0.25, 0.3) is 10.8 Å². The number of aromatic hydroxyl groups is 2. The van der Waals surface area contributed by atoms with Gasteiger partial charge in [-0.1, -0.05) is 104 Å². The predicted octanol–water partition coefficient (Wildman–Crippen LogP) is 12.4. The van der Waals surface area contributed by atoms with E-state index in [1.807, 2.05) is 76.2 Å². The number of Topliss-reactive ketones (excluding diaryl/α,β-unsaturated/α-hetero) is 4. The number of aliphatic imine (C=N–C) groups is 2. The van der Waals surface area contributed by atoms with Gasteiger partial charge in [0.15, 0.2) is 11.5 Å². The van der Waals surface area contributed by atoms with E-state index in [-0.39, 0.29) is 47.5 Å². The van der Waals surface area contributed by atoms with Gasteiger partial charge in [-0.2, -0.15) is 0 Å². The van der Waals surface area contributed by atoms with Crippen molar-refractivity contribution in [1.29, 1.82) is 0 Å². The molecule has 0 aliphatic carbocycles. The Morgan fingerprint density at radius 1 is 0.533 bits per heavy atom. The molecule has 0 heterocycles. The molecule has 8 heteroatoms. The molecule has 0 aromatic heterocycles. The van der Waals surface area contributed by atoms with Gasteiger partial charge in [0.05, 0.1) is 17.1 Å². The summed E-state index contributed by atoms with van der Waals surface area (Å²) in [5, 5.41) is 21.2. The van der Waals surface area contributed by atoms with Gasteiger partial charge in [0.25, 0.3) is 0 Å². The topological polar surface area (TPSA) is 133 Å². The Morgan fingerprint density at radius 3 is 1.57 bits per heavy atom. The summed E-state index contributed by atoms with van der Waals surface area (Å²) in [4.78, 5) is 58.6. The van der Waals surface area contributed by atoms with Crippen LogP contribution in [0.5, 0.6) is 11.5 Å². The molecular weight excluding hydrogens is 749 g/mol. The average Bonchev–Trinajstić information content (AvgIpc) is 3.25. The van der Waals surface area contributed by atoms with Crippen LogP contribution in [0.3, 0.4) is 0 Å². The normalized spacial score (nSPS) is 11.5. The summed E-state index contributed by atoms with van der Waals surface area (Å²) in [5.74, 6) is 0.480. The highest BCUT2D eigenvalue weighted by atomic mass is 16.3. The van der Waals surface area contributed by atoms with Crippen LogP contribution in [0.1, 0.15) is 152 Å². The van der Waals surface area contributed by atoms with E-state index in [2.05, 4.69) is 26.8 Å².